The summed E-state index contributed by atoms with van der Waals surface area (Å²) in [6.07, 6.45) is 0. The van der Waals surface area contributed by atoms with Crippen molar-refractivity contribution in [2.24, 2.45) is 10.2 Å². The van der Waals surface area contributed by atoms with Gasteiger partial charge in [-0.2, -0.15) is 0 Å². The number of aromatic nitrogens is 1. The summed E-state index contributed by atoms with van der Waals surface area (Å²) in [6.45, 7) is -0.0279. The van der Waals surface area contributed by atoms with E-state index in [1.165, 1.54) is 29.6 Å². The summed E-state index contributed by atoms with van der Waals surface area (Å²) >= 11 is 0. The maximum Gasteiger partial charge on any atom is 0.297 e. The maximum atomic E-state index is 13.9. The number of rotatable bonds is 8. The quantitative estimate of drug-likeness (QED) is 0.227. The van der Waals surface area contributed by atoms with Crippen LogP contribution < -0.4 is 9.04 Å². The van der Waals surface area contributed by atoms with Crippen LogP contribution in [0.1, 0.15) is 15.9 Å². The van der Waals surface area contributed by atoms with Gasteiger partial charge in [0.1, 0.15) is 5.75 Å². The molecule has 2 N–H and O–H groups in total. The largest absolute Gasteiger partial charge is 0.497 e. The minimum absolute atomic E-state index is 0.0279. The summed E-state index contributed by atoms with van der Waals surface area (Å²) in [6, 6.07) is 28.5. The lowest BCUT2D eigenvalue weighted by atomic mass is 10.1. The molecule has 0 spiro atoms. The lowest BCUT2D eigenvalue weighted by Gasteiger charge is -2.26. The summed E-state index contributed by atoms with van der Waals surface area (Å²) in [5.41, 5.74) is 1.65. The van der Waals surface area contributed by atoms with Gasteiger partial charge in [0, 0.05) is 5.39 Å². The van der Waals surface area contributed by atoms with E-state index < -0.39 is 15.9 Å². The van der Waals surface area contributed by atoms with E-state index in [1.54, 1.807) is 66.7 Å². The first-order valence-electron chi connectivity index (χ1n) is 11.9. The number of aromatic hydroxyl groups is 1. The minimum Gasteiger partial charge on any atom is -0.497 e. The van der Waals surface area contributed by atoms with Crippen LogP contribution in [0.2, 0.25) is 0 Å². The summed E-state index contributed by atoms with van der Waals surface area (Å²) in [5.74, 6) is -0.479. The Morgan fingerprint density at radius 2 is 1.56 bits per heavy atom. The Labute approximate surface area is 225 Å². The highest BCUT2D eigenvalue weighted by Gasteiger charge is 2.29. The van der Waals surface area contributed by atoms with Gasteiger partial charge in [0.2, 0.25) is 5.88 Å². The fourth-order valence-corrected chi connectivity index (χ4v) is 5.63. The Kier molecular flexibility index (Phi) is 7.11. The number of carbonyl (C=O) groups is 1. The standard InChI is InChI=1S/C29H24N4O5S/c1-38-21-15-17-22(18-16-21)39(36,37)33(19-20-9-3-2-4-10-20)26-14-8-6-12-24(26)28(34)32-31-27-23-11-5-7-13-25(23)30-29(27)35/h2-18,30,35H,19H2,1H3. The molecule has 0 unspecified atom stereocenters. The van der Waals surface area contributed by atoms with Gasteiger partial charge < -0.3 is 14.8 Å². The number of nitrogens with one attached hydrogen (secondary N) is 1. The molecule has 0 aliphatic rings. The molecule has 1 aromatic heterocycles. The molecule has 0 fully saturated rings. The third-order valence-corrected chi connectivity index (χ3v) is 7.89. The van der Waals surface area contributed by atoms with E-state index in [2.05, 4.69) is 15.2 Å². The van der Waals surface area contributed by atoms with Crippen LogP contribution in [0.3, 0.4) is 0 Å². The number of amides is 1. The van der Waals surface area contributed by atoms with Crippen molar-refractivity contribution in [3.63, 3.8) is 0 Å². The molecule has 0 aliphatic carbocycles. The number of hydrogen-bond acceptors (Lipinski definition) is 6. The van der Waals surface area contributed by atoms with Crippen LogP contribution in [0.25, 0.3) is 10.9 Å². The number of carbonyl (C=O) groups excluding carboxylic acids is 1. The number of sulfonamides is 1. The van der Waals surface area contributed by atoms with Crippen molar-refractivity contribution in [2.75, 3.05) is 11.4 Å². The Balaban J connectivity index is 1.57. The lowest BCUT2D eigenvalue weighted by molar-refractivity contribution is 0.0995. The molecule has 1 amide bonds. The Bertz CT molecular complexity index is 1770. The highest BCUT2D eigenvalue weighted by molar-refractivity contribution is 7.92. The highest BCUT2D eigenvalue weighted by atomic mass is 32.2. The van der Waals surface area contributed by atoms with E-state index >= 15 is 0 Å². The van der Waals surface area contributed by atoms with Gasteiger partial charge in [0.05, 0.1) is 35.3 Å². The van der Waals surface area contributed by atoms with E-state index in [1.807, 2.05) is 18.2 Å². The molecule has 10 heteroatoms. The smallest absolute Gasteiger partial charge is 0.297 e. The predicted octanol–water partition coefficient (Wildman–Crippen LogP) is 6.20. The second-order valence-corrected chi connectivity index (χ2v) is 10.4. The van der Waals surface area contributed by atoms with Crippen molar-refractivity contribution in [1.82, 2.24) is 4.98 Å². The maximum absolute atomic E-state index is 13.9. The number of methoxy groups -OCH3 is 1. The number of hydrogen-bond donors (Lipinski definition) is 2. The number of ether oxygens (including phenoxy) is 1. The zero-order chi connectivity index (χ0) is 27.4. The average Bonchev–Trinajstić information content (AvgIpc) is 3.29. The SMILES string of the molecule is COc1ccc(S(=O)(=O)N(Cc2ccccc2)c2ccccc2C(=O)N=Nc2c(O)[nH]c3ccccc23)cc1. The Morgan fingerprint density at radius 1 is 0.897 bits per heavy atom. The molecule has 4 aromatic carbocycles. The fourth-order valence-electron chi connectivity index (χ4n) is 4.16. The predicted molar refractivity (Wildman–Crippen MR) is 148 cm³/mol. The zero-order valence-corrected chi connectivity index (χ0v) is 21.7. The van der Waals surface area contributed by atoms with Gasteiger partial charge in [-0.1, -0.05) is 60.7 Å². The summed E-state index contributed by atoms with van der Waals surface area (Å²) in [7, 11) is -2.62. The van der Waals surface area contributed by atoms with Gasteiger partial charge in [-0.15, -0.1) is 10.2 Å². The first-order chi connectivity index (χ1) is 18.9. The monoisotopic (exact) mass is 540 g/mol. The van der Waals surface area contributed by atoms with E-state index in [0.717, 1.165) is 5.56 Å². The molecule has 196 valence electrons. The molecule has 5 aromatic rings. The molecule has 0 bridgehead atoms. The number of azo groups is 1. The summed E-state index contributed by atoms with van der Waals surface area (Å²) in [4.78, 5) is 16.1. The van der Waals surface area contributed by atoms with E-state index in [0.29, 0.717) is 16.7 Å². The minimum atomic E-state index is -4.12. The third kappa shape index (κ3) is 5.23. The molecule has 5 rings (SSSR count). The van der Waals surface area contributed by atoms with Crippen LogP contribution in [0.5, 0.6) is 11.6 Å². The summed E-state index contributed by atoms with van der Waals surface area (Å²) in [5, 5.41) is 18.7. The molecule has 1 heterocycles. The van der Waals surface area contributed by atoms with Crippen LogP contribution in [-0.4, -0.2) is 31.5 Å². The molecule has 9 nitrogen and oxygen atoms in total. The number of benzene rings is 4. The molecule has 0 saturated heterocycles. The van der Waals surface area contributed by atoms with Gasteiger partial charge in [0.15, 0.2) is 5.69 Å². The van der Waals surface area contributed by atoms with Gasteiger partial charge in [-0.3, -0.25) is 9.10 Å². The first kappa shape index (κ1) is 25.7. The summed E-state index contributed by atoms with van der Waals surface area (Å²) < 4.78 is 34.2. The first-order valence-corrected chi connectivity index (χ1v) is 13.4. The van der Waals surface area contributed by atoms with Crippen molar-refractivity contribution < 1.29 is 23.1 Å². The van der Waals surface area contributed by atoms with E-state index in [4.69, 9.17) is 4.74 Å². The molecule has 0 aliphatic heterocycles. The van der Waals surface area contributed by atoms with Crippen molar-refractivity contribution in [1.29, 1.82) is 0 Å². The lowest BCUT2D eigenvalue weighted by Crippen LogP contribution is -2.31. The molecule has 39 heavy (non-hydrogen) atoms. The molecule has 0 saturated carbocycles. The molecule has 0 radical (unpaired) electrons. The normalized spacial score (nSPS) is 11.6. The number of para-hydroxylation sites is 2. The Hall–Kier alpha value is -4.96. The van der Waals surface area contributed by atoms with E-state index in [-0.39, 0.29) is 34.3 Å². The number of anilines is 1. The number of fused-ring (bicyclic) bond motifs is 1. The van der Waals surface area contributed by atoms with Crippen molar-refractivity contribution in [3.05, 3.63) is 114 Å². The average molecular weight is 541 g/mol. The molecular formula is C29H24N4O5S. The van der Waals surface area contributed by atoms with Gasteiger partial charge in [0.25, 0.3) is 15.9 Å². The second kappa shape index (κ2) is 10.8. The Morgan fingerprint density at radius 3 is 2.31 bits per heavy atom. The molecule has 0 atom stereocenters. The zero-order valence-electron chi connectivity index (χ0n) is 20.9. The van der Waals surface area contributed by atoms with Gasteiger partial charge >= 0.3 is 0 Å². The third-order valence-electron chi connectivity index (χ3n) is 6.12. The topological polar surface area (TPSA) is 124 Å². The van der Waals surface area contributed by atoms with Crippen LogP contribution in [0, 0.1) is 0 Å². The second-order valence-electron chi connectivity index (χ2n) is 8.56. The van der Waals surface area contributed by atoms with Gasteiger partial charge in [-0.25, -0.2) is 8.42 Å². The van der Waals surface area contributed by atoms with Crippen LogP contribution in [0.15, 0.2) is 118 Å². The van der Waals surface area contributed by atoms with Crippen molar-refractivity contribution in [2.45, 2.75) is 11.4 Å². The number of aromatic amines is 1. The van der Waals surface area contributed by atoms with Crippen molar-refractivity contribution in [3.8, 4) is 11.6 Å². The number of H-pyrrole nitrogens is 1. The van der Waals surface area contributed by atoms with Crippen LogP contribution in [0.4, 0.5) is 11.4 Å². The van der Waals surface area contributed by atoms with Gasteiger partial charge in [-0.05, 0) is 48.0 Å². The molecular weight excluding hydrogens is 516 g/mol. The number of nitrogens with zero attached hydrogens (tertiary/aromatic N) is 3. The van der Waals surface area contributed by atoms with Crippen molar-refractivity contribution >= 4 is 38.2 Å². The fraction of sp³-hybridized carbons (Fsp3) is 0.0690. The van der Waals surface area contributed by atoms with E-state index in [9.17, 15) is 18.3 Å². The van der Waals surface area contributed by atoms with Crippen LogP contribution >= 0.6 is 0 Å². The highest BCUT2D eigenvalue weighted by Crippen LogP contribution is 2.36. The van der Waals surface area contributed by atoms with Crippen LogP contribution in [-0.2, 0) is 16.6 Å².